The number of halogens is 1. The fraction of sp³-hybridized carbons (Fsp3) is 0.0690. The lowest BCUT2D eigenvalue weighted by Crippen LogP contribution is -2.37. The first-order valence-corrected chi connectivity index (χ1v) is 12.4. The minimum absolute atomic E-state index is 0.155. The molecule has 0 spiro atoms. The van der Waals surface area contributed by atoms with Crippen molar-refractivity contribution in [2.24, 2.45) is 0 Å². The van der Waals surface area contributed by atoms with Crippen LogP contribution in [0.15, 0.2) is 118 Å². The predicted octanol–water partition coefficient (Wildman–Crippen LogP) is 6.18. The SMILES string of the molecule is O=C(CN(Cc1ccco1)C(=O)c1ccc(Br)cc1)Nc1cc(-c2ccccc2)nn1-c1ccccc1. The number of amides is 2. The van der Waals surface area contributed by atoms with Crippen molar-refractivity contribution in [3.63, 3.8) is 0 Å². The van der Waals surface area contributed by atoms with Gasteiger partial charge in [-0.2, -0.15) is 5.10 Å². The molecule has 0 saturated heterocycles. The Labute approximate surface area is 222 Å². The number of rotatable bonds is 8. The molecule has 3 aromatic carbocycles. The molecule has 5 rings (SSSR count). The maximum atomic E-state index is 13.3. The summed E-state index contributed by atoms with van der Waals surface area (Å²) in [6, 6.07) is 31.7. The number of nitrogens with one attached hydrogen (secondary N) is 1. The Balaban J connectivity index is 1.41. The molecule has 0 bridgehead atoms. The number of anilines is 1. The summed E-state index contributed by atoms with van der Waals surface area (Å²) in [6.07, 6.45) is 1.54. The van der Waals surface area contributed by atoms with Crippen molar-refractivity contribution in [3.05, 3.63) is 125 Å². The highest BCUT2D eigenvalue weighted by atomic mass is 79.9. The zero-order chi connectivity index (χ0) is 25.6. The van der Waals surface area contributed by atoms with Crippen LogP contribution in [0.4, 0.5) is 5.82 Å². The molecule has 37 heavy (non-hydrogen) atoms. The number of benzene rings is 3. The van der Waals surface area contributed by atoms with Crippen LogP contribution >= 0.6 is 15.9 Å². The second-order valence-corrected chi connectivity index (χ2v) is 9.24. The second-order valence-electron chi connectivity index (χ2n) is 8.32. The van der Waals surface area contributed by atoms with Gasteiger partial charge >= 0.3 is 0 Å². The highest BCUT2D eigenvalue weighted by Gasteiger charge is 2.22. The van der Waals surface area contributed by atoms with Gasteiger partial charge in [0, 0.05) is 21.7 Å². The Kier molecular flexibility index (Phi) is 7.28. The molecule has 1 N–H and O–H groups in total. The summed E-state index contributed by atoms with van der Waals surface area (Å²) >= 11 is 3.39. The summed E-state index contributed by atoms with van der Waals surface area (Å²) < 4.78 is 8.00. The van der Waals surface area contributed by atoms with E-state index in [0.717, 1.165) is 21.4 Å². The summed E-state index contributed by atoms with van der Waals surface area (Å²) in [7, 11) is 0. The van der Waals surface area contributed by atoms with Crippen molar-refractivity contribution < 1.29 is 14.0 Å². The molecule has 0 fully saturated rings. The molecular weight excluding hydrogens is 532 g/mol. The maximum absolute atomic E-state index is 13.3. The smallest absolute Gasteiger partial charge is 0.254 e. The Morgan fingerprint density at radius 3 is 2.27 bits per heavy atom. The van der Waals surface area contributed by atoms with Crippen LogP contribution in [0.1, 0.15) is 16.1 Å². The molecule has 7 nitrogen and oxygen atoms in total. The number of nitrogens with zero attached hydrogens (tertiary/aromatic N) is 3. The van der Waals surface area contributed by atoms with Crippen LogP contribution in [-0.2, 0) is 11.3 Å². The fourth-order valence-electron chi connectivity index (χ4n) is 3.91. The lowest BCUT2D eigenvalue weighted by atomic mass is 10.1. The van der Waals surface area contributed by atoms with Gasteiger partial charge in [-0.1, -0.05) is 64.5 Å². The van der Waals surface area contributed by atoms with E-state index < -0.39 is 0 Å². The van der Waals surface area contributed by atoms with Crippen LogP contribution in [0.2, 0.25) is 0 Å². The van der Waals surface area contributed by atoms with Gasteiger partial charge in [0.15, 0.2) is 0 Å². The summed E-state index contributed by atoms with van der Waals surface area (Å²) in [5.74, 6) is 0.456. The van der Waals surface area contributed by atoms with Crippen LogP contribution in [0.25, 0.3) is 16.9 Å². The predicted molar refractivity (Wildman–Crippen MR) is 145 cm³/mol. The van der Waals surface area contributed by atoms with Crippen molar-refractivity contribution in [1.82, 2.24) is 14.7 Å². The lowest BCUT2D eigenvalue weighted by molar-refractivity contribution is -0.117. The van der Waals surface area contributed by atoms with E-state index in [2.05, 4.69) is 21.2 Å². The van der Waals surface area contributed by atoms with E-state index in [-0.39, 0.29) is 24.9 Å². The molecule has 0 aliphatic heterocycles. The van der Waals surface area contributed by atoms with E-state index in [0.29, 0.717) is 17.1 Å². The van der Waals surface area contributed by atoms with Crippen molar-refractivity contribution in [2.45, 2.75) is 6.54 Å². The van der Waals surface area contributed by atoms with E-state index >= 15 is 0 Å². The molecular formula is C29H23BrN4O3. The summed E-state index contributed by atoms with van der Waals surface area (Å²) in [4.78, 5) is 28.1. The van der Waals surface area contributed by atoms with Gasteiger partial charge in [-0.15, -0.1) is 0 Å². The zero-order valence-corrected chi connectivity index (χ0v) is 21.3. The number of hydrogen-bond donors (Lipinski definition) is 1. The summed E-state index contributed by atoms with van der Waals surface area (Å²) in [5, 5.41) is 7.69. The molecule has 0 saturated carbocycles. The molecule has 8 heteroatoms. The van der Waals surface area contributed by atoms with Crippen molar-refractivity contribution in [1.29, 1.82) is 0 Å². The number of para-hydroxylation sites is 1. The molecule has 5 aromatic rings. The topological polar surface area (TPSA) is 80.4 Å². The largest absolute Gasteiger partial charge is 0.467 e. The van der Waals surface area contributed by atoms with Crippen molar-refractivity contribution >= 4 is 33.6 Å². The zero-order valence-electron chi connectivity index (χ0n) is 19.8. The van der Waals surface area contributed by atoms with E-state index in [1.807, 2.05) is 66.7 Å². The minimum Gasteiger partial charge on any atom is -0.467 e. The molecule has 0 atom stereocenters. The van der Waals surface area contributed by atoms with Crippen LogP contribution in [0, 0.1) is 0 Å². The molecule has 0 aliphatic rings. The van der Waals surface area contributed by atoms with Gasteiger partial charge in [0.25, 0.3) is 5.91 Å². The summed E-state index contributed by atoms with van der Waals surface area (Å²) in [5.41, 5.74) is 2.93. The minimum atomic E-state index is -0.353. The molecule has 2 amide bonds. The molecule has 184 valence electrons. The third-order valence-electron chi connectivity index (χ3n) is 5.69. The van der Waals surface area contributed by atoms with Gasteiger partial charge in [-0.25, -0.2) is 4.68 Å². The average Bonchev–Trinajstić information content (AvgIpc) is 3.59. The highest BCUT2D eigenvalue weighted by Crippen LogP contribution is 2.25. The first-order chi connectivity index (χ1) is 18.1. The third kappa shape index (κ3) is 5.87. The van der Waals surface area contributed by atoms with Crippen molar-refractivity contribution in [2.75, 3.05) is 11.9 Å². The Bertz CT molecular complexity index is 1480. The van der Waals surface area contributed by atoms with Gasteiger partial charge < -0.3 is 14.6 Å². The normalized spacial score (nSPS) is 10.7. The first kappa shape index (κ1) is 24.3. The Hall–Kier alpha value is -4.43. The second kappa shape index (κ2) is 11.1. The lowest BCUT2D eigenvalue weighted by Gasteiger charge is -2.21. The fourth-order valence-corrected chi connectivity index (χ4v) is 4.17. The molecule has 0 unspecified atom stereocenters. The van der Waals surface area contributed by atoms with Gasteiger partial charge in [-0.05, 0) is 48.5 Å². The highest BCUT2D eigenvalue weighted by molar-refractivity contribution is 9.10. The number of furan rings is 1. The van der Waals surface area contributed by atoms with Crippen LogP contribution in [0.3, 0.4) is 0 Å². The molecule has 2 heterocycles. The Morgan fingerprint density at radius 2 is 1.59 bits per heavy atom. The van der Waals surface area contributed by atoms with E-state index in [1.165, 1.54) is 4.90 Å². The van der Waals surface area contributed by atoms with Gasteiger partial charge in [0.1, 0.15) is 18.1 Å². The number of carbonyl (C=O) groups is 2. The van der Waals surface area contributed by atoms with Gasteiger partial charge in [-0.3, -0.25) is 9.59 Å². The van der Waals surface area contributed by atoms with E-state index in [1.54, 1.807) is 47.3 Å². The van der Waals surface area contributed by atoms with Gasteiger partial charge in [0.2, 0.25) is 5.91 Å². The number of carbonyl (C=O) groups excluding carboxylic acids is 2. The van der Waals surface area contributed by atoms with E-state index in [9.17, 15) is 9.59 Å². The van der Waals surface area contributed by atoms with E-state index in [4.69, 9.17) is 9.52 Å². The molecule has 0 radical (unpaired) electrons. The van der Waals surface area contributed by atoms with Crippen molar-refractivity contribution in [3.8, 4) is 16.9 Å². The molecule has 0 aliphatic carbocycles. The van der Waals surface area contributed by atoms with Gasteiger partial charge in [0.05, 0.1) is 24.2 Å². The maximum Gasteiger partial charge on any atom is 0.254 e. The number of aromatic nitrogens is 2. The van der Waals surface area contributed by atoms with Crippen LogP contribution in [-0.4, -0.2) is 33.0 Å². The Morgan fingerprint density at radius 1 is 0.892 bits per heavy atom. The average molecular weight is 555 g/mol. The monoisotopic (exact) mass is 554 g/mol. The quantitative estimate of drug-likeness (QED) is 0.248. The third-order valence-corrected chi connectivity index (χ3v) is 6.22. The van der Waals surface area contributed by atoms with Crippen LogP contribution in [0.5, 0.6) is 0 Å². The number of hydrogen-bond acceptors (Lipinski definition) is 4. The summed E-state index contributed by atoms with van der Waals surface area (Å²) in [6.45, 7) is -0.0151. The van der Waals surface area contributed by atoms with Crippen LogP contribution < -0.4 is 5.32 Å². The first-order valence-electron chi connectivity index (χ1n) is 11.6. The molecule has 2 aromatic heterocycles. The standard InChI is InChI=1S/C29H23BrN4O3/c30-23-15-13-22(14-16-23)29(36)33(19-25-12-7-17-37-25)20-28(35)31-27-18-26(21-8-3-1-4-9-21)32-34(27)24-10-5-2-6-11-24/h1-18H,19-20H2,(H,31,35).